The van der Waals surface area contributed by atoms with E-state index in [-0.39, 0.29) is 6.42 Å². The summed E-state index contributed by atoms with van der Waals surface area (Å²) in [4.78, 5) is 25.9. The van der Waals surface area contributed by atoms with Crippen molar-refractivity contribution in [2.45, 2.75) is 52.2 Å². The van der Waals surface area contributed by atoms with Gasteiger partial charge in [0.1, 0.15) is 12.0 Å². The fourth-order valence-corrected chi connectivity index (χ4v) is 0.787. The molecule has 4 nitrogen and oxygen atoms in total. The summed E-state index contributed by atoms with van der Waals surface area (Å²) >= 11 is 0. The number of rotatable bonds is 3. The topological polar surface area (TPSA) is 47.7 Å². The van der Waals surface area contributed by atoms with E-state index in [1.54, 1.807) is 20.8 Å². The van der Waals surface area contributed by atoms with Gasteiger partial charge in [0.15, 0.2) is 0 Å². The van der Waals surface area contributed by atoms with Gasteiger partial charge in [0.05, 0.1) is 0 Å². The summed E-state index contributed by atoms with van der Waals surface area (Å²) in [5.41, 5.74) is -1.74. The second-order valence-electron chi connectivity index (χ2n) is 4.86. The first kappa shape index (κ1) is 13.6. The molecule has 0 fully saturated rings. The van der Waals surface area contributed by atoms with Crippen LogP contribution >= 0.6 is 0 Å². The minimum absolute atomic E-state index is 0.341. The zero-order valence-electron chi connectivity index (χ0n) is 9.88. The second kappa shape index (κ2) is 4.43. The molecular formula is C11H17NO3. The lowest BCUT2D eigenvalue weighted by Gasteiger charge is -2.19. The molecule has 15 heavy (non-hydrogen) atoms. The third-order valence-corrected chi connectivity index (χ3v) is 1.69. The molecular weight excluding hydrogens is 194 g/mol. The maximum Gasteiger partial charge on any atom is 0.314 e. The summed E-state index contributed by atoms with van der Waals surface area (Å²) in [5, 5.41) is 0. The maximum absolute atomic E-state index is 11.5. The summed E-state index contributed by atoms with van der Waals surface area (Å²) in [6.07, 6.45) is -0.341. The molecule has 0 spiro atoms. The Kier molecular flexibility index (Phi) is 4.03. The highest BCUT2D eigenvalue weighted by Crippen LogP contribution is 2.15. The van der Waals surface area contributed by atoms with Crippen molar-refractivity contribution in [3.63, 3.8) is 0 Å². The van der Waals surface area contributed by atoms with E-state index >= 15 is 0 Å². The maximum atomic E-state index is 11.5. The monoisotopic (exact) mass is 211 g/mol. The molecule has 0 rings (SSSR count). The smallest absolute Gasteiger partial charge is 0.314 e. The highest BCUT2D eigenvalue weighted by molar-refractivity contribution is 6.01. The molecule has 0 bridgehead atoms. The Labute approximate surface area is 90.4 Å². The van der Waals surface area contributed by atoms with Gasteiger partial charge in [-0.15, -0.1) is 0 Å². The molecule has 84 valence electrons. The van der Waals surface area contributed by atoms with Gasteiger partial charge in [0.2, 0.25) is 5.78 Å². The molecule has 0 saturated heterocycles. The minimum Gasteiger partial charge on any atom is -0.460 e. The molecule has 0 aliphatic carbocycles. The van der Waals surface area contributed by atoms with Gasteiger partial charge < -0.3 is 9.58 Å². The van der Waals surface area contributed by atoms with Gasteiger partial charge in [0, 0.05) is 13.8 Å². The van der Waals surface area contributed by atoms with Crippen LogP contribution in [-0.2, 0) is 14.3 Å². The molecule has 0 atom stereocenters. The zero-order valence-corrected chi connectivity index (χ0v) is 9.88. The zero-order chi connectivity index (χ0) is 12.3. The Morgan fingerprint density at radius 1 is 1.20 bits per heavy atom. The van der Waals surface area contributed by atoms with Crippen molar-refractivity contribution in [3.05, 3.63) is 11.4 Å². The van der Waals surface area contributed by atoms with E-state index in [0.29, 0.717) is 0 Å². The van der Waals surface area contributed by atoms with E-state index < -0.39 is 22.9 Å². The van der Waals surface area contributed by atoms with Gasteiger partial charge in [-0.3, -0.25) is 9.59 Å². The van der Waals surface area contributed by atoms with Crippen LogP contribution in [0.3, 0.4) is 0 Å². The Morgan fingerprint density at radius 2 is 1.67 bits per heavy atom. The van der Waals surface area contributed by atoms with Gasteiger partial charge in [0.25, 0.3) is 5.54 Å². The molecule has 0 N–H and O–H groups in total. The van der Waals surface area contributed by atoms with Crippen LogP contribution in [0.2, 0.25) is 0 Å². The number of carbonyl (C=O) groups is 2. The Morgan fingerprint density at radius 3 is 2.00 bits per heavy atom. The Bertz CT molecular complexity index is 305. The second-order valence-corrected chi connectivity index (χ2v) is 4.86. The van der Waals surface area contributed by atoms with Crippen LogP contribution in [0.5, 0.6) is 0 Å². The van der Waals surface area contributed by atoms with Gasteiger partial charge in [-0.05, 0) is 20.8 Å². The first-order valence-corrected chi connectivity index (χ1v) is 4.72. The highest BCUT2D eigenvalue weighted by Gasteiger charge is 2.35. The molecule has 0 saturated carbocycles. The average molecular weight is 211 g/mol. The molecule has 4 heteroatoms. The Hall–Kier alpha value is -1.37. The SMILES string of the molecule is [C-]#[N+]C(C)(C)C(=O)CC(=O)OC(C)(C)C. The van der Waals surface area contributed by atoms with Gasteiger partial charge in [-0.2, -0.15) is 0 Å². The summed E-state index contributed by atoms with van der Waals surface area (Å²) in [5.74, 6) is -0.990. The van der Waals surface area contributed by atoms with Crippen LogP contribution in [0.25, 0.3) is 4.85 Å². The van der Waals surface area contributed by atoms with Crippen LogP contribution in [0.1, 0.15) is 41.0 Å². The number of esters is 1. The number of Topliss-reactive ketones (excluding diaryl/α,β-unsaturated/α-hetero) is 1. The normalized spacial score (nSPS) is 11.7. The first-order chi connectivity index (χ1) is 6.58. The van der Waals surface area contributed by atoms with E-state index in [9.17, 15) is 9.59 Å². The third kappa shape index (κ3) is 5.16. The van der Waals surface area contributed by atoms with Gasteiger partial charge in [-0.1, -0.05) is 0 Å². The van der Waals surface area contributed by atoms with Crippen molar-refractivity contribution >= 4 is 11.8 Å². The van der Waals surface area contributed by atoms with Crippen LogP contribution in [0.4, 0.5) is 0 Å². The molecule has 0 radical (unpaired) electrons. The lowest BCUT2D eigenvalue weighted by atomic mass is 9.98. The summed E-state index contributed by atoms with van der Waals surface area (Å²) < 4.78 is 4.99. The summed E-state index contributed by atoms with van der Waals surface area (Å²) in [6, 6.07) is 0. The van der Waals surface area contributed by atoms with Crippen molar-refractivity contribution in [2.24, 2.45) is 0 Å². The van der Waals surface area contributed by atoms with Crippen molar-refractivity contribution in [2.75, 3.05) is 0 Å². The number of nitrogens with zero attached hydrogens (tertiary/aromatic N) is 1. The number of carbonyl (C=O) groups excluding carboxylic acids is 2. The van der Waals surface area contributed by atoms with Crippen LogP contribution in [-0.4, -0.2) is 22.9 Å². The Balaban J connectivity index is 4.35. The van der Waals surface area contributed by atoms with Crippen LogP contribution < -0.4 is 0 Å². The molecule has 0 unspecified atom stereocenters. The fourth-order valence-electron chi connectivity index (χ4n) is 0.787. The molecule has 0 heterocycles. The van der Waals surface area contributed by atoms with E-state index in [2.05, 4.69) is 4.85 Å². The predicted octanol–water partition coefficient (Wildman–Crippen LogP) is 1.99. The standard InChI is InChI=1S/C11H17NO3/c1-10(2,3)15-9(14)7-8(13)11(4,5)12-6/h7H2,1-5H3. The van der Waals surface area contributed by atoms with Gasteiger partial charge in [-0.25, -0.2) is 6.57 Å². The number of ether oxygens (including phenoxy) is 1. The molecule has 0 aromatic rings. The van der Waals surface area contributed by atoms with E-state index in [4.69, 9.17) is 11.3 Å². The lowest BCUT2D eigenvalue weighted by molar-refractivity contribution is -0.156. The minimum atomic E-state index is -1.14. The number of hydrogen-bond acceptors (Lipinski definition) is 3. The van der Waals surface area contributed by atoms with Crippen LogP contribution in [0, 0.1) is 6.57 Å². The predicted molar refractivity (Wildman–Crippen MR) is 56.2 cm³/mol. The average Bonchev–Trinajstić information content (AvgIpc) is 2.00. The van der Waals surface area contributed by atoms with E-state index in [0.717, 1.165) is 0 Å². The highest BCUT2D eigenvalue weighted by atomic mass is 16.6. The van der Waals surface area contributed by atoms with Crippen molar-refractivity contribution in [1.29, 1.82) is 0 Å². The molecule has 0 aliphatic heterocycles. The van der Waals surface area contributed by atoms with Crippen molar-refractivity contribution < 1.29 is 14.3 Å². The fraction of sp³-hybridized carbons (Fsp3) is 0.727. The van der Waals surface area contributed by atoms with E-state index in [1.807, 2.05) is 0 Å². The quantitative estimate of drug-likeness (QED) is 0.407. The number of hydrogen-bond donors (Lipinski definition) is 0. The first-order valence-electron chi connectivity index (χ1n) is 4.72. The molecule has 0 aliphatic rings. The summed E-state index contributed by atoms with van der Waals surface area (Å²) in [7, 11) is 0. The molecule has 0 aromatic carbocycles. The molecule has 0 aromatic heterocycles. The van der Waals surface area contributed by atoms with E-state index in [1.165, 1.54) is 13.8 Å². The molecule has 0 amide bonds. The largest absolute Gasteiger partial charge is 0.460 e. The lowest BCUT2D eigenvalue weighted by Crippen LogP contribution is -2.32. The summed E-state index contributed by atoms with van der Waals surface area (Å²) in [6.45, 7) is 15.0. The third-order valence-electron chi connectivity index (χ3n) is 1.69. The van der Waals surface area contributed by atoms with Crippen LogP contribution in [0.15, 0.2) is 0 Å². The number of ketones is 1. The van der Waals surface area contributed by atoms with Crippen molar-refractivity contribution in [1.82, 2.24) is 0 Å². The van der Waals surface area contributed by atoms with Crippen molar-refractivity contribution in [3.8, 4) is 0 Å². The van der Waals surface area contributed by atoms with Gasteiger partial charge >= 0.3 is 5.97 Å².